The average Bonchev–Trinajstić information content (AvgIpc) is 3.07. The third kappa shape index (κ3) is 7.28. The van der Waals surface area contributed by atoms with Crippen molar-refractivity contribution in [3.63, 3.8) is 0 Å². The molecule has 0 heterocycles. The molecule has 0 amide bonds. The fourth-order valence-electron chi connectivity index (χ4n) is 4.21. The Labute approximate surface area is 253 Å². The molecule has 218 valence electrons. The van der Waals surface area contributed by atoms with Crippen LogP contribution in [0.4, 0.5) is 0 Å². The van der Waals surface area contributed by atoms with E-state index in [0.29, 0.717) is 0 Å². The van der Waals surface area contributed by atoms with Crippen molar-refractivity contribution < 1.29 is 31.0 Å². The quantitative estimate of drug-likeness (QED) is 0.249. The zero-order valence-electron chi connectivity index (χ0n) is 25.0. The standard InChI is InChI=1S/C31H36O7Si4/c1-32-39(23-26-40(33-2,34-3)29-17-11-8-12-18-29,24-27-41(35-4,36-5)30-19-13-9-14-20-30)25-28-42(37-6,38-7)31-21-15-10-16-22-31/h8-22H,1-7H3. The lowest BCUT2D eigenvalue weighted by Gasteiger charge is -2.24. The predicted molar refractivity (Wildman–Crippen MR) is 174 cm³/mol. The van der Waals surface area contributed by atoms with Gasteiger partial charge in [0.1, 0.15) is 0 Å². The van der Waals surface area contributed by atoms with E-state index in [1.54, 1.807) is 49.8 Å². The Morgan fingerprint density at radius 1 is 0.333 bits per heavy atom. The molecule has 11 heteroatoms. The van der Waals surface area contributed by atoms with Gasteiger partial charge in [0.15, 0.2) is 0 Å². The highest BCUT2D eigenvalue weighted by Gasteiger charge is 2.43. The van der Waals surface area contributed by atoms with Crippen LogP contribution in [0.1, 0.15) is 0 Å². The van der Waals surface area contributed by atoms with Gasteiger partial charge in [0.2, 0.25) is 0 Å². The number of rotatable bonds is 10. The summed E-state index contributed by atoms with van der Waals surface area (Å²) in [6.07, 6.45) is 0. The smallest absolute Gasteiger partial charge is 0.391 e. The van der Waals surface area contributed by atoms with Crippen LogP contribution in [0, 0.1) is 33.3 Å². The van der Waals surface area contributed by atoms with Gasteiger partial charge in [0.25, 0.3) is 0 Å². The molecule has 42 heavy (non-hydrogen) atoms. The second kappa shape index (κ2) is 15.4. The molecule has 0 aromatic heterocycles. The molecule has 0 aliphatic rings. The van der Waals surface area contributed by atoms with E-state index in [4.69, 9.17) is 31.0 Å². The van der Waals surface area contributed by atoms with Crippen molar-refractivity contribution in [2.24, 2.45) is 0 Å². The number of benzene rings is 3. The Bertz CT molecular complexity index is 1280. The second-order valence-corrected chi connectivity index (χ2v) is 20.0. The maximum absolute atomic E-state index is 6.15. The van der Waals surface area contributed by atoms with Gasteiger partial charge in [-0.3, -0.25) is 0 Å². The van der Waals surface area contributed by atoms with Crippen LogP contribution in [0.3, 0.4) is 0 Å². The van der Waals surface area contributed by atoms with Crippen LogP contribution < -0.4 is 15.6 Å². The topological polar surface area (TPSA) is 64.6 Å². The Kier molecular flexibility index (Phi) is 12.3. The molecule has 0 spiro atoms. The van der Waals surface area contributed by atoms with Gasteiger partial charge in [-0.05, 0) is 0 Å². The fourth-order valence-corrected chi connectivity index (χ4v) is 13.6. The van der Waals surface area contributed by atoms with E-state index in [1.807, 2.05) is 91.0 Å². The van der Waals surface area contributed by atoms with E-state index < -0.39 is 34.0 Å². The monoisotopic (exact) mass is 632 g/mol. The molecule has 3 aromatic carbocycles. The van der Waals surface area contributed by atoms with Crippen LogP contribution in [0.2, 0.25) is 0 Å². The summed E-state index contributed by atoms with van der Waals surface area (Å²) < 4.78 is 41.9. The van der Waals surface area contributed by atoms with Gasteiger partial charge < -0.3 is 31.0 Å². The lowest BCUT2D eigenvalue weighted by molar-refractivity contribution is 0.273. The minimum Gasteiger partial charge on any atom is -0.391 e. The first-order valence-corrected chi connectivity index (χ1v) is 20.4. The highest BCUT2D eigenvalue weighted by molar-refractivity contribution is 7.01. The molecule has 0 radical (unpaired) electrons. The summed E-state index contributed by atoms with van der Waals surface area (Å²) in [4.78, 5) is 0. The maximum atomic E-state index is 6.15. The second-order valence-electron chi connectivity index (χ2n) is 8.81. The molecular weight excluding hydrogens is 597 g/mol. The Morgan fingerprint density at radius 2 is 0.571 bits per heavy atom. The van der Waals surface area contributed by atoms with E-state index in [9.17, 15) is 0 Å². The van der Waals surface area contributed by atoms with Crippen molar-refractivity contribution >= 4 is 49.6 Å². The predicted octanol–water partition coefficient (Wildman–Crippen LogP) is 1.75. The van der Waals surface area contributed by atoms with Gasteiger partial charge in [-0.1, -0.05) is 124 Å². The van der Waals surface area contributed by atoms with Crippen LogP contribution in [-0.4, -0.2) is 83.8 Å². The van der Waals surface area contributed by atoms with Gasteiger partial charge >= 0.3 is 34.0 Å². The van der Waals surface area contributed by atoms with Crippen LogP contribution in [-0.2, 0) is 31.0 Å². The molecule has 0 bridgehead atoms. The Morgan fingerprint density at radius 3 is 0.762 bits per heavy atom. The fraction of sp³-hybridized carbons (Fsp3) is 0.226. The van der Waals surface area contributed by atoms with Crippen molar-refractivity contribution in [3.05, 3.63) is 91.0 Å². The molecule has 3 rings (SSSR count). The molecule has 0 unspecified atom stereocenters. The van der Waals surface area contributed by atoms with E-state index in [-0.39, 0.29) is 0 Å². The number of hydrogen-bond acceptors (Lipinski definition) is 7. The van der Waals surface area contributed by atoms with Gasteiger partial charge in [0, 0.05) is 65.3 Å². The zero-order valence-corrected chi connectivity index (χ0v) is 29.0. The lowest BCUT2D eigenvalue weighted by atomic mass is 10.4. The highest BCUT2D eigenvalue weighted by Crippen LogP contribution is 2.12. The molecule has 0 saturated carbocycles. The first-order chi connectivity index (χ1) is 20.4. The van der Waals surface area contributed by atoms with Crippen molar-refractivity contribution in [2.45, 2.75) is 0 Å². The van der Waals surface area contributed by atoms with Crippen LogP contribution in [0.15, 0.2) is 91.0 Å². The van der Waals surface area contributed by atoms with Gasteiger partial charge in [-0.25, -0.2) is 0 Å². The van der Waals surface area contributed by atoms with Crippen LogP contribution in [0.5, 0.6) is 0 Å². The minimum atomic E-state index is -3.55. The van der Waals surface area contributed by atoms with E-state index in [1.165, 1.54) is 0 Å². The first-order valence-electron chi connectivity index (χ1n) is 13.0. The van der Waals surface area contributed by atoms with Gasteiger partial charge in [0.05, 0.1) is 0 Å². The van der Waals surface area contributed by atoms with Gasteiger partial charge in [-0.15, -0.1) is 0 Å². The molecule has 3 aromatic rings. The molecule has 0 aliphatic carbocycles. The van der Waals surface area contributed by atoms with E-state index in [0.717, 1.165) is 15.6 Å². The Balaban J connectivity index is 2.32. The summed E-state index contributed by atoms with van der Waals surface area (Å²) in [5, 5.41) is 2.56. The van der Waals surface area contributed by atoms with E-state index >= 15 is 0 Å². The van der Waals surface area contributed by atoms with Crippen molar-refractivity contribution in [1.82, 2.24) is 0 Å². The summed E-state index contributed by atoms with van der Waals surface area (Å²) in [5.41, 5.74) is 19.9. The largest absolute Gasteiger partial charge is 0.457 e. The van der Waals surface area contributed by atoms with Crippen molar-refractivity contribution in [2.75, 3.05) is 49.8 Å². The van der Waals surface area contributed by atoms with Crippen molar-refractivity contribution in [1.29, 1.82) is 0 Å². The third-order valence-corrected chi connectivity index (χ3v) is 17.6. The third-order valence-electron chi connectivity index (χ3n) is 6.70. The van der Waals surface area contributed by atoms with Gasteiger partial charge in [-0.2, -0.15) is 0 Å². The summed E-state index contributed by atoms with van der Waals surface area (Å²) in [6.45, 7) is 0. The molecule has 0 saturated heterocycles. The molecule has 0 atom stereocenters. The molecule has 7 nitrogen and oxygen atoms in total. The number of hydrogen-bond donors (Lipinski definition) is 0. The maximum Gasteiger partial charge on any atom is 0.457 e. The molecular formula is C31H36O7Si4. The normalized spacial score (nSPS) is 11.8. The minimum absolute atomic E-state index is 0.853. The molecule has 0 aliphatic heterocycles. The zero-order chi connectivity index (χ0) is 30.5. The Hall–Kier alpha value is -3.07. The summed E-state index contributed by atoms with van der Waals surface area (Å²) in [5.74, 6) is 0. The van der Waals surface area contributed by atoms with Crippen LogP contribution in [0.25, 0.3) is 0 Å². The van der Waals surface area contributed by atoms with E-state index in [2.05, 4.69) is 33.3 Å². The van der Waals surface area contributed by atoms with Crippen molar-refractivity contribution in [3.8, 4) is 33.3 Å². The molecule has 0 fully saturated rings. The summed E-state index contributed by atoms with van der Waals surface area (Å²) >= 11 is 0. The summed E-state index contributed by atoms with van der Waals surface area (Å²) in [6, 6.07) is 29.0. The SMILES string of the molecule is CO[Si](C#C[Si](OC)(OC)c1ccccc1)(C#C[Si](OC)(OC)c1ccccc1)C#C[Si](OC)(OC)c1ccccc1. The lowest BCUT2D eigenvalue weighted by Crippen LogP contribution is -2.54. The highest BCUT2D eigenvalue weighted by atomic mass is 28.4. The molecule has 0 N–H and O–H groups in total. The average molecular weight is 633 g/mol. The summed E-state index contributed by atoms with van der Waals surface area (Å²) in [7, 11) is -2.03. The first kappa shape index (κ1) is 33.4. The van der Waals surface area contributed by atoms with Crippen LogP contribution >= 0.6 is 0 Å².